The summed E-state index contributed by atoms with van der Waals surface area (Å²) in [5, 5.41) is 0.943. The second kappa shape index (κ2) is 7.98. The Morgan fingerprint density at radius 3 is 2.81 bits per heavy atom. The highest BCUT2D eigenvalue weighted by atomic mass is 19.1. The van der Waals surface area contributed by atoms with Crippen LogP contribution in [0, 0.1) is 5.82 Å². The van der Waals surface area contributed by atoms with E-state index < -0.39 is 0 Å². The van der Waals surface area contributed by atoms with Gasteiger partial charge in [-0.15, -0.1) is 0 Å². The Hall–Kier alpha value is -3.33. The van der Waals surface area contributed by atoms with Crippen LogP contribution in [-0.2, 0) is 4.74 Å². The Morgan fingerprint density at radius 2 is 1.91 bits per heavy atom. The normalized spacial score (nSPS) is 19.7. The molecular weight excluding hydrogens is 409 g/mol. The van der Waals surface area contributed by atoms with Gasteiger partial charge in [-0.2, -0.15) is 0 Å². The van der Waals surface area contributed by atoms with Crippen molar-refractivity contribution in [2.75, 3.05) is 42.6 Å². The molecule has 0 spiro atoms. The lowest BCUT2D eigenvalue weighted by molar-refractivity contribution is 0.122. The number of H-pyrrole nitrogens is 1. The molecule has 3 aromatic heterocycles. The SMILES string of the molecule is Fc1ccc2cc(C3CCCCN3c3ncnc4nc[nH]c34)c(N3CCOCC3)nc2c1. The summed E-state index contributed by atoms with van der Waals surface area (Å²) in [5.41, 5.74) is 3.34. The molecule has 8 nitrogen and oxygen atoms in total. The number of hydrogen-bond acceptors (Lipinski definition) is 7. The maximum Gasteiger partial charge on any atom is 0.182 e. The van der Waals surface area contributed by atoms with E-state index in [1.807, 2.05) is 6.07 Å². The van der Waals surface area contributed by atoms with Gasteiger partial charge in [0.15, 0.2) is 11.5 Å². The summed E-state index contributed by atoms with van der Waals surface area (Å²) in [4.78, 5) is 26.0. The number of imidazole rings is 1. The van der Waals surface area contributed by atoms with E-state index in [-0.39, 0.29) is 11.9 Å². The number of aromatic nitrogens is 5. The minimum atomic E-state index is -0.271. The Kier molecular flexibility index (Phi) is 4.83. The van der Waals surface area contributed by atoms with Crippen molar-refractivity contribution >= 4 is 33.7 Å². The maximum absolute atomic E-state index is 14.0. The third-order valence-electron chi connectivity index (χ3n) is 6.44. The second-order valence-electron chi connectivity index (χ2n) is 8.34. The Labute approximate surface area is 184 Å². The minimum absolute atomic E-state index is 0.102. The van der Waals surface area contributed by atoms with Crippen LogP contribution in [0.5, 0.6) is 0 Å². The van der Waals surface area contributed by atoms with Gasteiger partial charge in [0, 0.05) is 36.7 Å². The molecule has 1 N–H and O–H groups in total. The Bertz CT molecular complexity index is 1270. The molecule has 4 aromatic rings. The summed E-state index contributed by atoms with van der Waals surface area (Å²) in [5.74, 6) is 1.51. The van der Waals surface area contributed by atoms with Crippen molar-refractivity contribution in [3.63, 3.8) is 0 Å². The van der Waals surface area contributed by atoms with Crippen molar-refractivity contribution in [2.24, 2.45) is 0 Å². The van der Waals surface area contributed by atoms with E-state index in [2.05, 4.69) is 35.8 Å². The van der Waals surface area contributed by atoms with Crippen LogP contribution in [-0.4, -0.2) is 57.8 Å². The summed E-state index contributed by atoms with van der Waals surface area (Å²) >= 11 is 0. The van der Waals surface area contributed by atoms with Crippen LogP contribution in [0.3, 0.4) is 0 Å². The third kappa shape index (κ3) is 3.33. The van der Waals surface area contributed by atoms with Crippen molar-refractivity contribution < 1.29 is 9.13 Å². The summed E-state index contributed by atoms with van der Waals surface area (Å²) in [7, 11) is 0. The van der Waals surface area contributed by atoms with Crippen LogP contribution in [0.4, 0.5) is 16.0 Å². The number of piperidine rings is 1. The zero-order chi connectivity index (χ0) is 21.5. The Morgan fingerprint density at radius 1 is 1.00 bits per heavy atom. The topological polar surface area (TPSA) is 83.1 Å². The molecular formula is C23H24FN7O. The van der Waals surface area contributed by atoms with Crippen LogP contribution in [0.25, 0.3) is 22.1 Å². The van der Waals surface area contributed by atoms with E-state index in [4.69, 9.17) is 9.72 Å². The molecule has 0 aliphatic carbocycles. The van der Waals surface area contributed by atoms with Crippen LogP contribution in [0.2, 0.25) is 0 Å². The van der Waals surface area contributed by atoms with Crippen molar-refractivity contribution in [2.45, 2.75) is 25.3 Å². The average molecular weight is 433 g/mol. The smallest absolute Gasteiger partial charge is 0.182 e. The molecule has 1 aromatic carbocycles. The number of halogens is 1. The van der Waals surface area contributed by atoms with Gasteiger partial charge in [-0.25, -0.2) is 24.3 Å². The van der Waals surface area contributed by atoms with Crippen LogP contribution >= 0.6 is 0 Å². The first-order valence-corrected chi connectivity index (χ1v) is 11.1. The Balaban J connectivity index is 1.51. The molecule has 9 heteroatoms. The van der Waals surface area contributed by atoms with Gasteiger partial charge in [0.1, 0.15) is 23.5 Å². The lowest BCUT2D eigenvalue weighted by Gasteiger charge is -2.39. The minimum Gasteiger partial charge on any atom is -0.378 e. The lowest BCUT2D eigenvalue weighted by atomic mass is 9.94. The molecule has 1 atom stereocenters. The molecule has 1 unspecified atom stereocenters. The first kappa shape index (κ1) is 19.4. The molecule has 0 radical (unpaired) electrons. The molecule has 5 heterocycles. The van der Waals surface area contributed by atoms with E-state index in [1.54, 1.807) is 12.7 Å². The first-order chi connectivity index (χ1) is 15.8. The average Bonchev–Trinajstić information content (AvgIpc) is 3.33. The molecule has 0 bridgehead atoms. The quantitative estimate of drug-likeness (QED) is 0.528. The fourth-order valence-electron chi connectivity index (χ4n) is 4.90. The van der Waals surface area contributed by atoms with Crippen molar-refractivity contribution in [1.82, 2.24) is 24.9 Å². The van der Waals surface area contributed by atoms with E-state index in [1.165, 1.54) is 12.1 Å². The zero-order valence-electron chi connectivity index (χ0n) is 17.7. The standard InChI is InChI=1S/C23H24FN7O/c24-16-5-4-15-11-17(22(29-18(15)12-16)30-7-9-32-10-8-30)19-3-1-2-6-31(19)23-20-21(26-13-25-20)27-14-28-23/h4-5,11-14,19H,1-3,6-10H2,(H,25,26,27,28). The number of nitrogens with zero attached hydrogens (tertiary/aromatic N) is 6. The van der Waals surface area contributed by atoms with Gasteiger partial charge in [-0.05, 0) is 37.5 Å². The van der Waals surface area contributed by atoms with Gasteiger partial charge in [0.2, 0.25) is 0 Å². The number of fused-ring (bicyclic) bond motifs is 2. The molecule has 6 rings (SSSR count). The van der Waals surface area contributed by atoms with Crippen molar-refractivity contribution in [3.8, 4) is 0 Å². The molecule has 2 aliphatic heterocycles. The van der Waals surface area contributed by atoms with Gasteiger partial charge in [-0.3, -0.25) is 0 Å². The van der Waals surface area contributed by atoms with Gasteiger partial charge in [-0.1, -0.05) is 0 Å². The molecule has 2 fully saturated rings. The first-order valence-electron chi connectivity index (χ1n) is 11.1. The fourth-order valence-corrected chi connectivity index (χ4v) is 4.90. The van der Waals surface area contributed by atoms with Crippen LogP contribution in [0.15, 0.2) is 36.9 Å². The number of anilines is 2. The van der Waals surface area contributed by atoms with Gasteiger partial charge in [0.05, 0.1) is 31.1 Å². The monoisotopic (exact) mass is 433 g/mol. The van der Waals surface area contributed by atoms with Gasteiger partial charge < -0.3 is 19.5 Å². The van der Waals surface area contributed by atoms with Crippen molar-refractivity contribution in [3.05, 3.63) is 48.3 Å². The molecule has 164 valence electrons. The summed E-state index contributed by atoms with van der Waals surface area (Å²) in [6.45, 7) is 3.76. The van der Waals surface area contributed by atoms with E-state index in [0.29, 0.717) is 24.4 Å². The summed E-state index contributed by atoms with van der Waals surface area (Å²) < 4.78 is 19.5. The number of ether oxygens (including phenoxy) is 1. The highest BCUT2D eigenvalue weighted by Crippen LogP contribution is 2.40. The zero-order valence-corrected chi connectivity index (χ0v) is 17.7. The van der Waals surface area contributed by atoms with E-state index in [0.717, 1.165) is 67.0 Å². The fraction of sp³-hybridized carbons (Fsp3) is 0.391. The van der Waals surface area contributed by atoms with Crippen molar-refractivity contribution in [1.29, 1.82) is 0 Å². The molecule has 0 amide bonds. The van der Waals surface area contributed by atoms with E-state index in [9.17, 15) is 4.39 Å². The highest BCUT2D eigenvalue weighted by molar-refractivity contribution is 5.85. The molecule has 0 saturated carbocycles. The van der Waals surface area contributed by atoms with Crippen LogP contribution < -0.4 is 9.80 Å². The lowest BCUT2D eigenvalue weighted by Crippen LogP contribution is -2.40. The molecule has 2 aliphatic rings. The van der Waals surface area contributed by atoms with Gasteiger partial charge in [0.25, 0.3) is 0 Å². The number of morpholine rings is 1. The number of aromatic amines is 1. The summed E-state index contributed by atoms with van der Waals surface area (Å²) in [6, 6.07) is 7.11. The number of nitrogens with one attached hydrogen (secondary N) is 1. The van der Waals surface area contributed by atoms with Gasteiger partial charge >= 0.3 is 0 Å². The van der Waals surface area contributed by atoms with Crippen LogP contribution in [0.1, 0.15) is 30.9 Å². The largest absolute Gasteiger partial charge is 0.378 e. The number of benzene rings is 1. The summed E-state index contributed by atoms with van der Waals surface area (Å²) in [6.07, 6.45) is 6.45. The number of pyridine rings is 1. The maximum atomic E-state index is 14.0. The predicted molar refractivity (Wildman–Crippen MR) is 120 cm³/mol. The predicted octanol–water partition coefficient (Wildman–Crippen LogP) is 3.61. The molecule has 32 heavy (non-hydrogen) atoms. The number of rotatable bonds is 3. The highest BCUT2D eigenvalue weighted by Gasteiger charge is 2.31. The third-order valence-corrected chi connectivity index (χ3v) is 6.44. The second-order valence-corrected chi connectivity index (χ2v) is 8.34. The molecule has 2 saturated heterocycles. The number of hydrogen-bond donors (Lipinski definition) is 1. The van der Waals surface area contributed by atoms with E-state index >= 15 is 0 Å².